The summed E-state index contributed by atoms with van der Waals surface area (Å²) in [6.45, 7) is 1.88. The fraction of sp³-hybridized carbons (Fsp3) is 0.263. The molecule has 2 aliphatic heterocycles. The van der Waals surface area contributed by atoms with E-state index in [1.807, 2.05) is 6.08 Å². The van der Waals surface area contributed by atoms with Crippen molar-refractivity contribution in [3.8, 4) is 0 Å². The predicted octanol–water partition coefficient (Wildman–Crippen LogP) is 2.22. The fourth-order valence-corrected chi connectivity index (χ4v) is 3.20. The Bertz CT molecular complexity index is 763. The highest BCUT2D eigenvalue weighted by Gasteiger charge is 2.30. The van der Waals surface area contributed by atoms with Crippen LogP contribution in [0.5, 0.6) is 0 Å². The summed E-state index contributed by atoms with van der Waals surface area (Å²) in [5.74, 6) is 0.965. The summed E-state index contributed by atoms with van der Waals surface area (Å²) in [4.78, 5) is 0. The van der Waals surface area contributed by atoms with E-state index < -0.39 is 0 Å². The van der Waals surface area contributed by atoms with Crippen molar-refractivity contribution in [2.75, 3.05) is 19.8 Å². The van der Waals surface area contributed by atoms with Gasteiger partial charge in [0.2, 0.25) is 0 Å². The van der Waals surface area contributed by atoms with E-state index in [4.69, 9.17) is 15.2 Å². The van der Waals surface area contributed by atoms with Gasteiger partial charge in [-0.25, -0.2) is 0 Å². The molecule has 0 bridgehead atoms. The number of rotatable bonds is 5. The molecular weight excluding hydrogens is 302 g/mol. The second-order valence-electron chi connectivity index (χ2n) is 6.01. The molecule has 0 aromatic rings. The molecular formula is C19H21N3O2. The average molecular weight is 323 g/mol. The van der Waals surface area contributed by atoms with Gasteiger partial charge in [0.15, 0.2) is 0 Å². The van der Waals surface area contributed by atoms with E-state index in [1.54, 1.807) is 6.26 Å². The van der Waals surface area contributed by atoms with E-state index in [2.05, 4.69) is 41.2 Å². The van der Waals surface area contributed by atoms with Crippen molar-refractivity contribution in [3.05, 3.63) is 82.2 Å². The van der Waals surface area contributed by atoms with Crippen molar-refractivity contribution in [2.24, 2.45) is 5.73 Å². The van der Waals surface area contributed by atoms with Crippen LogP contribution in [0, 0.1) is 0 Å². The minimum Gasteiger partial charge on any atom is -0.464 e. The Labute approximate surface area is 141 Å². The van der Waals surface area contributed by atoms with Crippen LogP contribution >= 0.6 is 0 Å². The van der Waals surface area contributed by atoms with Crippen molar-refractivity contribution in [3.63, 3.8) is 0 Å². The van der Waals surface area contributed by atoms with Crippen molar-refractivity contribution >= 4 is 0 Å². The molecule has 0 saturated heterocycles. The molecule has 0 aromatic carbocycles. The molecule has 0 aromatic heterocycles. The third-order valence-corrected chi connectivity index (χ3v) is 4.35. The molecule has 2 heterocycles. The van der Waals surface area contributed by atoms with Gasteiger partial charge in [-0.15, -0.1) is 0 Å². The minimum atomic E-state index is 0.544. The number of nitrogens with two attached hydrogens (primary N) is 1. The SMILES string of the molecule is NCCCOCC1=CC2=CC=CC3=C4OC=CC=C4CC3=C2NN1. The molecule has 0 amide bonds. The number of nitrogens with one attached hydrogen (secondary N) is 2. The first-order valence-corrected chi connectivity index (χ1v) is 8.26. The van der Waals surface area contributed by atoms with Crippen LogP contribution < -0.4 is 16.6 Å². The van der Waals surface area contributed by atoms with Crippen LogP contribution in [-0.2, 0) is 9.47 Å². The summed E-state index contributed by atoms with van der Waals surface area (Å²) in [5, 5.41) is 0. The average Bonchev–Trinajstić information content (AvgIpc) is 2.88. The smallest absolute Gasteiger partial charge is 0.137 e. The molecule has 0 atom stereocenters. The molecule has 4 rings (SSSR count). The highest BCUT2D eigenvalue weighted by atomic mass is 16.5. The van der Waals surface area contributed by atoms with Gasteiger partial charge >= 0.3 is 0 Å². The molecule has 5 nitrogen and oxygen atoms in total. The Hall–Kier alpha value is -2.50. The zero-order valence-corrected chi connectivity index (χ0v) is 13.5. The van der Waals surface area contributed by atoms with Gasteiger partial charge in [-0.05, 0) is 36.3 Å². The predicted molar refractivity (Wildman–Crippen MR) is 93.0 cm³/mol. The summed E-state index contributed by atoms with van der Waals surface area (Å²) in [7, 11) is 0. The molecule has 0 spiro atoms. The lowest BCUT2D eigenvalue weighted by Gasteiger charge is -2.24. The molecule has 0 fully saturated rings. The van der Waals surface area contributed by atoms with E-state index in [1.165, 1.54) is 11.1 Å². The van der Waals surface area contributed by atoms with Gasteiger partial charge in [-0.1, -0.05) is 24.3 Å². The Balaban J connectivity index is 1.59. The lowest BCUT2D eigenvalue weighted by Crippen LogP contribution is -2.37. The number of hydrazine groups is 1. The number of hydrogen-bond donors (Lipinski definition) is 3. The van der Waals surface area contributed by atoms with Crippen LogP contribution in [0.1, 0.15) is 12.8 Å². The molecule has 4 N–H and O–H groups in total. The number of allylic oxidation sites excluding steroid dienone is 9. The maximum atomic E-state index is 5.73. The highest BCUT2D eigenvalue weighted by molar-refractivity contribution is 5.66. The van der Waals surface area contributed by atoms with E-state index in [0.29, 0.717) is 19.8 Å². The zero-order valence-electron chi connectivity index (χ0n) is 13.5. The van der Waals surface area contributed by atoms with Gasteiger partial charge < -0.3 is 26.1 Å². The second kappa shape index (κ2) is 6.55. The fourth-order valence-electron chi connectivity index (χ4n) is 3.20. The van der Waals surface area contributed by atoms with E-state index in [0.717, 1.165) is 41.1 Å². The third-order valence-electron chi connectivity index (χ3n) is 4.35. The Morgan fingerprint density at radius 3 is 3.08 bits per heavy atom. The standard InChI is InChI=1S/C19H21N3O2/c20-7-3-8-23-12-15-10-13-4-1-6-16-17(18(13)22-21-15)11-14-5-2-9-24-19(14)16/h1-2,4-6,9-10,21-22H,3,7-8,11-12,20H2. The Kier molecular flexibility index (Phi) is 4.11. The molecule has 0 unspecified atom stereocenters. The first-order valence-electron chi connectivity index (χ1n) is 8.26. The van der Waals surface area contributed by atoms with Crippen molar-refractivity contribution in [2.45, 2.75) is 12.8 Å². The third kappa shape index (κ3) is 2.72. The van der Waals surface area contributed by atoms with Gasteiger partial charge in [-0.2, -0.15) is 0 Å². The first-order chi connectivity index (χ1) is 11.9. The second-order valence-corrected chi connectivity index (χ2v) is 6.01. The van der Waals surface area contributed by atoms with E-state index >= 15 is 0 Å². The van der Waals surface area contributed by atoms with Crippen LogP contribution in [0.3, 0.4) is 0 Å². The highest BCUT2D eigenvalue weighted by Crippen LogP contribution is 2.42. The maximum absolute atomic E-state index is 5.73. The van der Waals surface area contributed by atoms with E-state index in [-0.39, 0.29) is 0 Å². The normalized spacial score (nSPS) is 20.8. The summed E-state index contributed by atoms with van der Waals surface area (Å²) >= 11 is 0. The van der Waals surface area contributed by atoms with Gasteiger partial charge in [0.05, 0.1) is 24.3 Å². The molecule has 5 heteroatoms. The number of hydrogen-bond acceptors (Lipinski definition) is 5. The first kappa shape index (κ1) is 15.1. The topological polar surface area (TPSA) is 68.5 Å². The van der Waals surface area contributed by atoms with Crippen LogP contribution in [0.2, 0.25) is 0 Å². The molecule has 0 radical (unpaired) electrons. The summed E-state index contributed by atoms with van der Waals surface area (Å²) < 4.78 is 11.4. The van der Waals surface area contributed by atoms with Crippen molar-refractivity contribution < 1.29 is 9.47 Å². The summed E-state index contributed by atoms with van der Waals surface area (Å²) in [6.07, 6.45) is 16.0. The zero-order chi connectivity index (χ0) is 16.4. The van der Waals surface area contributed by atoms with Crippen molar-refractivity contribution in [1.29, 1.82) is 0 Å². The monoisotopic (exact) mass is 323 g/mol. The molecule has 24 heavy (non-hydrogen) atoms. The molecule has 4 aliphatic rings. The lowest BCUT2D eigenvalue weighted by molar-refractivity contribution is 0.149. The van der Waals surface area contributed by atoms with Crippen LogP contribution in [-0.4, -0.2) is 19.8 Å². The number of ether oxygens (including phenoxy) is 2. The Morgan fingerprint density at radius 1 is 1.21 bits per heavy atom. The van der Waals surface area contributed by atoms with Crippen LogP contribution in [0.25, 0.3) is 0 Å². The van der Waals surface area contributed by atoms with Crippen molar-refractivity contribution in [1.82, 2.24) is 10.9 Å². The maximum Gasteiger partial charge on any atom is 0.137 e. The number of fused-ring (bicyclic) bond motifs is 3. The van der Waals surface area contributed by atoms with Crippen LogP contribution in [0.15, 0.2) is 82.2 Å². The quantitative estimate of drug-likeness (QED) is 0.677. The van der Waals surface area contributed by atoms with Crippen LogP contribution in [0.4, 0.5) is 0 Å². The largest absolute Gasteiger partial charge is 0.464 e. The van der Waals surface area contributed by atoms with Gasteiger partial charge in [0.1, 0.15) is 5.76 Å². The molecule has 124 valence electrons. The van der Waals surface area contributed by atoms with Gasteiger partial charge in [0, 0.05) is 24.2 Å². The van der Waals surface area contributed by atoms with Gasteiger partial charge in [-0.3, -0.25) is 0 Å². The minimum absolute atomic E-state index is 0.544. The molecule has 0 saturated carbocycles. The lowest BCUT2D eigenvalue weighted by atomic mass is 10.0. The summed E-state index contributed by atoms with van der Waals surface area (Å²) in [5.41, 5.74) is 19.0. The Morgan fingerprint density at radius 2 is 2.17 bits per heavy atom. The summed E-state index contributed by atoms with van der Waals surface area (Å²) in [6, 6.07) is 0. The molecule has 2 aliphatic carbocycles. The van der Waals surface area contributed by atoms with E-state index in [9.17, 15) is 0 Å². The van der Waals surface area contributed by atoms with Gasteiger partial charge in [0.25, 0.3) is 0 Å².